The second kappa shape index (κ2) is 8.52. The molecule has 0 saturated carbocycles. The summed E-state index contributed by atoms with van der Waals surface area (Å²) < 4.78 is 1.50. The molecule has 1 aromatic carbocycles. The highest BCUT2D eigenvalue weighted by atomic mass is 35.5. The number of pyridine rings is 1. The fraction of sp³-hybridized carbons (Fsp3) is 0.333. The van der Waals surface area contributed by atoms with E-state index in [9.17, 15) is 9.59 Å². The molecular weight excluding hydrogens is 361 g/mol. The number of halogens is 2. The lowest BCUT2D eigenvalue weighted by Gasteiger charge is -2.25. The molecule has 1 heterocycles. The van der Waals surface area contributed by atoms with E-state index < -0.39 is 6.04 Å². The van der Waals surface area contributed by atoms with Gasteiger partial charge in [0.15, 0.2) is 0 Å². The summed E-state index contributed by atoms with van der Waals surface area (Å²) in [7, 11) is 0. The maximum absolute atomic E-state index is 12.2. The summed E-state index contributed by atoms with van der Waals surface area (Å²) in [5.74, 6) is -0.287. The molecule has 0 radical (unpaired) electrons. The molecule has 0 saturated heterocycles. The van der Waals surface area contributed by atoms with Gasteiger partial charge in [0.25, 0.3) is 5.56 Å². The molecule has 0 aliphatic rings. The molecule has 0 bridgehead atoms. The Kier molecular flexibility index (Phi) is 7.23. The lowest BCUT2D eigenvalue weighted by atomic mass is 9.87. The van der Waals surface area contributed by atoms with Crippen molar-refractivity contribution in [2.24, 2.45) is 11.1 Å². The van der Waals surface area contributed by atoms with Gasteiger partial charge in [0.1, 0.15) is 0 Å². The van der Waals surface area contributed by atoms with Crippen LogP contribution >= 0.6 is 24.0 Å². The average molecular weight is 384 g/mol. The zero-order chi connectivity index (χ0) is 17.9. The Hall–Kier alpha value is -1.82. The molecular formula is C18H23Cl2N3O2. The van der Waals surface area contributed by atoms with Crippen molar-refractivity contribution in [1.82, 2.24) is 4.57 Å². The van der Waals surface area contributed by atoms with Crippen molar-refractivity contribution in [3.63, 3.8) is 0 Å². The fourth-order valence-electron chi connectivity index (χ4n) is 2.15. The molecule has 5 nitrogen and oxygen atoms in total. The SMILES string of the molecule is CC(C)(C)[C@H](N)C(=O)Nc1ccc(=O)n(Cc2ccccc2Cl)c1.Cl. The van der Waals surface area contributed by atoms with Gasteiger partial charge in [-0.05, 0) is 23.1 Å². The van der Waals surface area contributed by atoms with Crippen LogP contribution in [0.25, 0.3) is 0 Å². The van der Waals surface area contributed by atoms with E-state index in [0.29, 0.717) is 17.3 Å². The maximum atomic E-state index is 12.2. The van der Waals surface area contributed by atoms with Crippen LogP contribution in [0.2, 0.25) is 5.02 Å². The number of carbonyl (C=O) groups is 1. The van der Waals surface area contributed by atoms with E-state index in [2.05, 4.69) is 5.32 Å². The largest absolute Gasteiger partial charge is 0.323 e. The van der Waals surface area contributed by atoms with Gasteiger partial charge in [0, 0.05) is 17.3 Å². The summed E-state index contributed by atoms with van der Waals surface area (Å²) in [5.41, 5.74) is 6.78. The molecule has 7 heteroatoms. The van der Waals surface area contributed by atoms with Crippen LogP contribution in [-0.2, 0) is 11.3 Å². The van der Waals surface area contributed by atoms with Crippen LogP contribution in [0.1, 0.15) is 26.3 Å². The Morgan fingerprint density at radius 3 is 2.48 bits per heavy atom. The molecule has 0 aliphatic carbocycles. The molecule has 0 spiro atoms. The Labute approximate surface area is 158 Å². The number of nitrogens with one attached hydrogen (secondary N) is 1. The predicted octanol–water partition coefficient (Wildman–Crippen LogP) is 3.28. The van der Waals surface area contributed by atoms with Crippen LogP contribution in [0.5, 0.6) is 0 Å². The minimum atomic E-state index is -0.651. The number of benzene rings is 1. The first kappa shape index (κ1) is 21.2. The fourth-order valence-corrected chi connectivity index (χ4v) is 2.35. The van der Waals surface area contributed by atoms with E-state index in [1.165, 1.54) is 10.6 Å². The van der Waals surface area contributed by atoms with E-state index in [-0.39, 0.29) is 29.3 Å². The summed E-state index contributed by atoms with van der Waals surface area (Å²) >= 11 is 6.14. The zero-order valence-corrected chi connectivity index (χ0v) is 16.0. The third kappa shape index (κ3) is 5.59. The summed E-state index contributed by atoms with van der Waals surface area (Å²) in [6.07, 6.45) is 1.60. The monoisotopic (exact) mass is 383 g/mol. The van der Waals surface area contributed by atoms with Crippen LogP contribution in [0.15, 0.2) is 47.4 Å². The first-order chi connectivity index (χ1) is 11.2. The Morgan fingerprint density at radius 2 is 1.88 bits per heavy atom. The highest BCUT2D eigenvalue weighted by molar-refractivity contribution is 6.31. The van der Waals surface area contributed by atoms with E-state index in [1.807, 2.05) is 39.0 Å². The lowest BCUT2D eigenvalue weighted by molar-refractivity contribution is -0.119. The van der Waals surface area contributed by atoms with Gasteiger partial charge in [-0.2, -0.15) is 0 Å². The summed E-state index contributed by atoms with van der Waals surface area (Å²) in [4.78, 5) is 24.3. The van der Waals surface area contributed by atoms with Crippen molar-refractivity contribution < 1.29 is 4.79 Å². The molecule has 3 N–H and O–H groups in total. The number of rotatable bonds is 4. The minimum Gasteiger partial charge on any atom is -0.323 e. The molecule has 25 heavy (non-hydrogen) atoms. The van der Waals surface area contributed by atoms with E-state index in [0.717, 1.165) is 5.56 Å². The topological polar surface area (TPSA) is 77.1 Å². The second-order valence-corrected chi connectivity index (χ2v) is 7.22. The quantitative estimate of drug-likeness (QED) is 0.849. The van der Waals surface area contributed by atoms with Crippen molar-refractivity contribution in [2.75, 3.05) is 5.32 Å². The van der Waals surface area contributed by atoms with Crippen molar-refractivity contribution in [1.29, 1.82) is 0 Å². The van der Waals surface area contributed by atoms with Gasteiger partial charge in [0.05, 0.1) is 18.3 Å². The van der Waals surface area contributed by atoms with Crippen molar-refractivity contribution in [3.8, 4) is 0 Å². The molecule has 2 rings (SSSR count). The van der Waals surface area contributed by atoms with Crippen molar-refractivity contribution in [3.05, 3.63) is 63.5 Å². The van der Waals surface area contributed by atoms with E-state index in [1.54, 1.807) is 18.3 Å². The van der Waals surface area contributed by atoms with E-state index >= 15 is 0 Å². The lowest BCUT2D eigenvalue weighted by Crippen LogP contribution is -2.45. The third-order valence-electron chi connectivity index (χ3n) is 3.77. The van der Waals surface area contributed by atoms with Crippen LogP contribution in [0.3, 0.4) is 0 Å². The number of carbonyl (C=O) groups excluding carboxylic acids is 1. The molecule has 136 valence electrons. The number of hydrogen-bond acceptors (Lipinski definition) is 3. The number of aromatic nitrogens is 1. The second-order valence-electron chi connectivity index (χ2n) is 6.81. The molecule has 1 atom stereocenters. The van der Waals surface area contributed by atoms with Crippen LogP contribution in [0.4, 0.5) is 5.69 Å². The van der Waals surface area contributed by atoms with Crippen LogP contribution in [0, 0.1) is 5.41 Å². The number of nitrogens with two attached hydrogens (primary N) is 1. The first-order valence-electron chi connectivity index (χ1n) is 7.69. The number of anilines is 1. The van der Waals surface area contributed by atoms with Gasteiger partial charge in [-0.15, -0.1) is 12.4 Å². The predicted molar refractivity (Wildman–Crippen MR) is 105 cm³/mol. The van der Waals surface area contributed by atoms with Gasteiger partial charge in [0.2, 0.25) is 5.91 Å². The van der Waals surface area contributed by atoms with Gasteiger partial charge < -0.3 is 15.6 Å². The normalized spacial score (nSPS) is 12.2. The highest BCUT2D eigenvalue weighted by Crippen LogP contribution is 2.19. The molecule has 1 aromatic heterocycles. The standard InChI is InChI=1S/C18H22ClN3O2.ClH/c1-18(2,3)16(20)17(24)21-13-8-9-15(23)22(11-13)10-12-6-4-5-7-14(12)19;/h4-9,11,16H,10,20H2,1-3H3,(H,21,24);1H/t16-;/m1./s1. The summed E-state index contributed by atoms with van der Waals surface area (Å²) in [6, 6.07) is 9.65. The molecule has 2 aromatic rings. The van der Waals surface area contributed by atoms with Gasteiger partial charge >= 0.3 is 0 Å². The highest BCUT2D eigenvalue weighted by Gasteiger charge is 2.27. The Morgan fingerprint density at radius 1 is 1.24 bits per heavy atom. The van der Waals surface area contributed by atoms with E-state index in [4.69, 9.17) is 17.3 Å². The van der Waals surface area contributed by atoms with Gasteiger partial charge in [-0.3, -0.25) is 9.59 Å². The first-order valence-corrected chi connectivity index (χ1v) is 8.06. The van der Waals surface area contributed by atoms with Crippen LogP contribution < -0.4 is 16.6 Å². The Balaban J connectivity index is 0.00000312. The zero-order valence-electron chi connectivity index (χ0n) is 14.5. The van der Waals surface area contributed by atoms with Crippen LogP contribution in [-0.4, -0.2) is 16.5 Å². The summed E-state index contributed by atoms with van der Waals surface area (Å²) in [5, 5.41) is 3.35. The number of nitrogens with zero attached hydrogens (tertiary/aromatic N) is 1. The number of hydrogen-bond donors (Lipinski definition) is 2. The Bertz CT molecular complexity index is 797. The average Bonchev–Trinajstić information content (AvgIpc) is 2.51. The molecule has 0 aliphatic heterocycles. The molecule has 0 fully saturated rings. The van der Waals surface area contributed by atoms with Crippen molar-refractivity contribution >= 4 is 35.6 Å². The van der Waals surface area contributed by atoms with Gasteiger partial charge in [-0.1, -0.05) is 50.6 Å². The summed E-state index contributed by atoms with van der Waals surface area (Å²) in [6.45, 7) is 6.02. The van der Waals surface area contributed by atoms with Gasteiger partial charge in [-0.25, -0.2) is 0 Å². The van der Waals surface area contributed by atoms with Crippen molar-refractivity contribution in [2.45, 2.75) is 33.4 Å². The third-order valence-corrected chi connectivity index (χ3v) is 4.13. The molecule has 0 unspecified atom stereocenters. The minimum absolute atomic E-state index is 0. The number of amides is 1. The molecule has 1 amide bonds. The maximum Gasteiger partial charge on any atom is 0.250 e. The smallest absolute Gasteiger partial charge is 0.250 e.